The number of hydrogen-bond acceptors (Lipinski definition) is 7. The second kappa shape index (κ2) is 8.17. The van der Waals surface area contributed by atoms with E-state index in [0.717, 1.165) is 12.8 Å². The van der Waals surface area contributed by atoms with Crippen molar-refractivity contribution in [3.05, 3.63) is 16.8 Å². The molecule has 2 aromatic rings. The average Bonchev–Trinajstić information content (AvgIpc) is 2.93. The van der Waals surface area contributed by atoms with Crippen molar-refractivity contribution >= 4 is 34.4 Å². The topological polar surface area (TPSA) is 80.7 Å². The van der Waals surface area contributed by atoms with Gasteiger partial charge in [-0.05, 0) is 54.4 Å². The summed E-state index contributed by atoms with van der Waals surface area (Å²) >= 11 is 6.03. The zero-order valence-electron chi connectivity index (χ0n) is 19.3. The van der Waals surface area contributed by atoms with Gasteiger partial charge in [0.2, 0.25) is 5.88 Å². The Labute approximate surface area is 192 Å². The van der Waals surface area contributed by atoms with Crippen LogP contribution >= 0.6 is 11.6 Å². The van der Waals surface area contributed by atoms with Crippen LogP contribution < -0.4 is 9.64 Å². The first kappa shape index (κ1) is 22.8. The molecule has 2 atom stereocenters. The van der Waals surface area contributed by atoms with Crippen molar-refractivity contribution < 1.29 is 18.7 Å². The summed E-state index contributed by atoms with van der Waals surface area (Å²) in [5, 5.41) is 0.114. The number of nitrogens with zero attached hydrogens (tertiary/aromatic N) is 5. The highest BCUT2D eigenvalue weighted by atomic mass is 35.5. The molecule has 174 valence electrons. The first-order chi connectivity index (χ1) is 14.9. The number of ether oxygens (including phenoxy) is 2. The zero-order valence-corrected chi connectivity index (χ0v) is 20.0. The van der Waals surface area contributed by atoms with Gasteiger partial charge >= 0.3 is 6.09 Å². The Bertz CT molecular complexity index is 1040. The fourth-order valence-corrected chi connectivity index (χ4v) is 4.60. The number of pyridine rings is 1. The predicted octanol–water partition coefficient (Wildman–Crippen LogP) is 4.50. The average molecular weight is 466 g/mol. The lowest BCUT2D eigenvalue weighted by Gasteiger charge is -2.42. The van der Waals surface area contributed by atoms with Crippen molar-refractivity contribution in [3.8, 4) is 5.88 Å². The number of anilines is 1. The first-order valence-electron chi connectivity index (χ1n) is 10.9. The summed E-state index contributed by atoms with van der Waals surface area (Å²) in [5.74, 6) is 0.483. The molecular formula is C22H29ClFN5O3. The fraction of sp³-hybridized carbons (Fsp3) is 0.636. The second-order valence-corrected chi connectivity index (χ2v) is 10.0. The normalized spacial score (nSPS) is 20.9. The lowest BCUT2D eigenvalue weighted by atomic mass is 10.1. The molecule has 0 radical (unpaired) electrons. The van der Waals surface area contributed by atoms with Crippen molar-refractivity contribution in [2.24, 2.45) is 0 Å². The van der Waals surface area contributed by atoms with Crippen molar-refractivity contribution in [1.82, 2.24) is 19.9 Å². The standard InChI is InChI=1S/C22H29ClFN5O3/c1-11(2)31-20-15-17(16(24)18(23)27-20)25-12(3)26-19(15)28-9-13-7-8-14(10-28)29(13)21(30)32-22(4,5)6/h11,13-14H,7-10H2,1-6H3. The van der Waals surface area contributed by atoms with E-state index >= 15 is 0 Å². The van der Waals surface area contributed by atoms with Crippen molar-refractivity contribution in [3.63, 3.8) is 0 Å². The number of carbonyl (C=O) groups excluding carboxylic acids is 1. The molecular weight excluding hydrogens is 437 g/mol. The second-order valence-electron chi connectivity index (χ2n) is 9.68. The molecule has 0 aliphatic carbocycles. The maximum Gasteiger partial charge on any atom is 0.410 e. The van der Waals surface area contributed by atoms with Crippen LogP contribution in [0.25, 0.3) is 10.9 Å². The van der Waals surface area contributed by atoms with Crippen LogP contribution in [0.1, 0.15) is 53.3 Å². The van der Waals surface area contributed by atoms with E-state index < -0.39 is 11.4 Å². The molecule has 0 spiro atoms. The Morgan fingerprint density at radius 3 is 2.34 bits per heavy atom. The third kappa shape index (κ3) is 4.27. The van der Waals surface area contributed by atoms with Crippen LogP contribution in [0, 0.1) is 12.7 Å². The van der Waals surface area contributed by atoms with Crippen LogP contribution in [0.5, 0.6) is 5.88 Å². The van der Waals surface area contributed by atoms with Gasteiger partial charge in [-0.3, -0.25) is 4.90 Å². The molecule has 8 nitrogen and oxygen atoms in total. The van der Waals surface area contributed by atoms with Crippen LogP contribution in [0.2, 0.25) is 5.15 Å². The number of aryl methyl sites for hydroxylation is 1. The number of fused-ring (bicyclic) bond motifs is 3. The van der Waals surface area contributed by atoms with Gasteiger partial charge in [0.15, 0.2) is 11.0 Å². The Morgan fingerprint density at radius 1 is 1.16 bits per heavy atom. The highest BCUT2D eigenvalue weighted by Crippen LogP contribution is 2.39. The van der Waals surface area contributed by atoms with Gasteiger partial charge in [-0.1, -0.05) is 11.6 Å². The van der Waals surface area contributed by atoms with Gasteiger partial charge in [0, 0.05) is 13.1 Å². The summed E-state index contributed by atoms with van der Waals surface area (Å²) in [5.41, 5.74) is -0.468. The van der Waals surface area contributed by atoms with E-state index in [-0.39, 0.29) is 40.8 Å². The van der Waals surface area contributed by atoms with Gasteiger partial charge in [0.05, 0.1) is 18.2 Å². The molecule has 2 aromatic heterocycles. The molecule has 32 heavy (non-hydrogen) atoms. The van der Waals surface area contributed by atoms with E-state index in [1.807, 2.05) is 39.5 Å². The van der Waals surface area contributed by atoms with Crippen LogP contribution in [-0.4, -0.2) is 62.8 Å². The van der Waals surface area contributed by atoms with E-state index in [2.05, 4.69) is 19.9 Å². The van der Waals surface area contributed by atoms with Crippen molar-refractivity contribution in [2.75, 3.05) is 18.0 Å². The van der Waals surface area contributed by atoms with Gasteiger partial charge in [0.25, 0.3) is 0 Å². The summed E-state index contributed by atoms with van der Waals surface area (Å²) in [6, 6.07) is -0.0398. The number of piperazine rings is 1. The summed E-state index contributed by atoms with van der Waals surface area (Å²) in [6.45, 7) is 12.1. The monoisotopic (exact) mass is 465 g/mol. The van der Waals surface area contributed by atoms with E-state index in [1.165, 1.54) is 0 Å². The van der Waals surface area contributed by atoms with Gasteiger partial charge in [-0.25, -0.2) is 19.2 Å². The number of carbonyl (C=O) groups is 1. The quantitative estimate of drug-likeness (QED) is 0.617. The molecule has 4 heterocycles. The molecule has 0 N–H and O–H groups in total. The SMILES string of the molecule is Cc1nc(N2CC3CCC(C2)N3C(=O)OC(C)(C)C)c2c(OC(C)C)nc(Cl)c(F)c2n1. The molecule has 2 aliphatic heterocycles. The van der Waals surface area contributed by atoms with Gasteiger partial charge in [-0.2, -0.15) is 4.98 Å². The highest BCUT2D eigenvalue weighted by Gasteiger charge is 2.45. The largest absolute Gasteiger partial charge is 0.474 e. The van der Waals surface area contributed by atoms with Crippen LogP contribution in [0.4, 0.5) is 15.0 Å². The van der Waals surface area contributed by atoms with E-state index in [1.54, 1.807) is 6.92 Å². The predicted molar refractivity (Wildman–Crippen MR) is 120 cm³/mol. The molecule has 0 saturated carbocycles. The summed E-state index contributed by atoms with van der Waals surface area (Å²) in [4.78, 5) is 29.8. The minimum absolute atomic E-state index is 0.0199. The molecule has 1 amide bonds. The smallest absolute Gasteiger partial charge is 0.410 e. The lowest BCUT2D eigenvalue weighted by molar-refractivity contribution is 0.0123. The van der Waals surface area contributed by atoms with E-state index in [0.29, 0.717) is 30.1 Å². The molecule has 4 rings (SSSR count). The molecule has 2 unspecified atom stereocenters. The maximum absolute atomic E-state index is 14.9. The Hall–Kier alpha value is -2.42. The van der Waals surface area contributed by atoms with E-state index in [9.17, 15) is 9.18 Å². The number of amides is 1. The fourth-order valence-electron chi connectivity index (χ4n) is 4.43. The number of rotatable bonds is 3. The number of aromatic nitrogens is 3. The number of halogens is 2. The summed E-state index contributed by atoms with van der Waals surface area (Å²) < 4.78 is 26.4. The van der Waals surface area contributed by atoms with Gasteiger partial charge in [-0.15, -0.1) is 0 Å². The molecule has 2 aliphatic rings. The summed E-state index contributed by atoms with van der Waals surface area (Å²) in [7, 11) is 0. The molecule has 0 aromatic carbocycles. The Balaban J connectivity index is 1.74. The Kier molecular flexibility index (Phi) is 5.81. The third-order valence-corrected chi connectivity index (χ3v) is 5.79. The lowest BCUT2D eigenvalue weighted by Crippen LogP contribution is -2.57. The molecule has 2 saturated heterocycles. The molecule has 2 fully saturated rings. The Morgan fingerprint density at radius 2 is 1.78 bits per heavy atom. The maximum atomic E-state index is 14.9. The highest BCUT2D eigenvalue weighted by molar-refractivity contribution is 6.30. The van der Waals surface area contributed by atoms with Crippen LogP contribution in [0.3, 0.4) is 0 Å². The van der Waals surface area contributed by atoms with E-state index in [4.69, 9.17) is 21.1 Å². The first-order valence-corrected chi connectivity index (χ1v) is 11.3. The van der Waals surface area contributed by atoms with Crippen LogP contribution in [-0.2, 0) is 4.74 Å². The van der Waals surface area contributed by atoms with Gasteiger partial charge < -0.3 is 14.4 Å². The number of hydrogen-bond donors (Lipinski definition) is 0. The van der Waals surface area contributed by atoms with Crippen LogP contribution in [0.15, 0.2) is 0 Å². The minimum Gasteiger partial charge on any atom is -0.474 e. The van der Waals surface area contributed by atoms with Gasteiger partial charge in [0.1, 0.15) is 28.1 Å². The minimum atomic E-state index is -0.695. The third-order valence-electron chi connectivity index (χ3n) is 5.54. The molecule has 2 bridgehead atoms. The molecule has 10 heteroatoms. The summed E-state index contributed by atoms with van der Waals surface area (Å²) in [6.07, 6.45) is 1.25. The van der Waals surface area contributed by atoms with Crippen molar-refractivity contribution in [1.29, 1.82) is 0 Å². The zero-order chi connectivity index (χ0) is 23.4. The van der Waals surface area contributed by atoms with Crippen molar-refractivity contribution in [2.45, 2.75) is 78.2 Å².